The molecule has 4 heteroatoms. The van der Waals surface area contributed by atoms with Gasteiger partial charge >= 0.3 is 0 Å². The number of rotatable bonds is 2. The maximum Gasteiger partial charge on any atom is 0.252 e. The van der Waals surface area contributed by atoms with Crippen molar-refractivity contribution in [1.29, 1.82) is 0 Å². The van der Waals surface area contributed by atoms with Crippen molar-refractivity contribution in [3.05, 3.63) is 46.2 Å². The van der Waals surface area contributed by atoms with Gasteiger partial charge < -0.3 is 10.7 Å². The highest BCUT2D eigenvalue weighted by Crippen LogP contribution is 2.17. The van der Waals surface area contributed by atoms with Crippen LogP contribution in [0.15, 0.2) is 35.1 Å². The summed E-state index contributed by atoms with van der Waals surface area (Å²) in [5.74, 6) is 0.500. The molecule has 2 atom stereocenters. The first-order valence-corrected chi connectivity index (χ1v) is 6.72. The van der Waals surface area contributed by atoms with Crippen molar-refractivity contribution in [3.63, 3.8) is 0 Å². The second-order valence-corrected chi connectivity index (χ2v) is 5.55. The van der Waals surface area contributed by atoms with E-state index in [0.717, 1.165) is 29.6 Å². The van der Waals surface area contributed by atoms with Crippen LogP contribution in [0.3, 0.4) is 0 Å². The number of aromatic nitrogens is 1. The van der Waals surface area contributed by atoms with Crippen LogP contribution in [0.4, 0.5) is 0 Å². The standard InChI is InChI=1S/C15H19N3O/c1-10-7-18(9-13(10)16)8-12-6-11-4-2-3-5-14(11)17-15(12)19/h2-6,10,13H,7-9,16H2,1H3,(H,17,19). The second kappa shape index (κ2) is 4.79. The van der Waals surface area contributed by atoms with E-state index in [4.69, 9.17) is 5.73 Å². The zero-order valence-corrected chi connectivity index (χ0v) is 11.1. The highest BCUT2D eigenvalue weighted by atomic mass is 16.1. The fourth-order valence-electron chi connectivity index (χ4n) is 2.78. The molecule has 2 unspecified atom stereocenters. The molecule has 3 N–H and O–H groups in total. The van der Waals surface area contributed by atoms with Crippen molar-refractivity contribution in [2.45, 2.75) is 19.5 Å². The van der Waals surface area contributed by atoms with Gasteiger partial charge in [-0.2, -0.15) is 0 Å². The monoisotopic (exact) mass is 257 g/mol. The molecule has 0 amide bonds. The van der Waals surface area contributed by atoms with Crippen molar-refractivity contribution in [3.8, 4) is 0 Å². The molecule has 100 valence electrons. The van der Waals surface area contributed by atoms with Gasteiger partial charge in [-0.3, -0.25) is 9.69 Å². The molecule has 0 aliphatic carbocycles. The van der Waals surface area contributed by atoms with Crippen molar-refractivity contribution < 1.29 is 0 Å². The first kappa shape index (κ1) is 12.4. The summed E-state index contributed by atoms with van der Waals surface area (Å²) in [5.41, 5.74) is 7.74. The number of hydrogen-bond donors (Lipinski definition) is 2. The van der Waals surface area contributed by atoms with Crippen molar-refractivity contribution in [1.82, 2.24) is 9.88 Å². The molecule has 3 rings (SSSR count). The minimum Gasteiger partial charge on any atom is -0.326 e. The lowest BCUT2D eigenvalue weighted by Gasteiger charge is -2.14. The Hall–Kier alpha value is -1.65. The summed E-state index contributed by atoms with van der Waals surface area (Å²) in [6, 6.07) is 10.1. The summed E-state index contributed by atoms with van der Waals surface area (Å²) in [6.45, 7) is 4.67. The first-order chi connectivity index (χ1) is 9.13. The van der Waals surface area contributed by atoms with Gasteiger partial charge in [0.05, 0.1) is 0 Å². The van der Waals surface area contributed by atoms with Crippen LogP contribution in [0.2, 0.25) is 0 Å². The molecular formula is C15H19N3O. The van der Waals surface area contributed by atoms with Gasteiger partial charge in [-0.15, -0.1) is 0 Å². The third-order valence-electron chi connectivity index (χ3n) is 3.97. The van der Waals surface area contributed by atoms with Crippen LogP contribution in [0.25, 0.3) is 10.9 Å². The molecule has 0 bridgehead atoms. The smallest absolute Gasteiger partial charge is 0.252 e. The number of fused-ring (bicyclic) bond motifs is 1. The lowest BCUT2D eigenvalue weighted by Crippen LogP contribution is -2.29. The van der Waals surface area contributed by atoms with E-state index in [1.54, 1.807) is 0 Å². The van der Waals surface area contributed by atoms with E-state index < -0.39 is 0 Å². The van der Waals surface area contributed by atoms with Gasteiger partial charge in [-0.05, 0) is 23.4 Å². The molecule has 1 aliphatic heterocycles. The van der Waals surface area contributed by atoms with E-state index in [1.807, 2.05) is 30.3 Å². The summed E-state index contributed by atoms with van der Waals surface area (Å²) in [5, 5.41) is 1.08. The number of pyridine rings is 1. The average molecular weight is 257 g/mol. The largest absolute Gasteiger partial charge is 0.326 e. The van der Waals surface area contributed by atoms with Gasteiger partial charge in [-0.25, -0.2) is 0 Å². The molecule has 1 saturated heterocycles. The molecule has 1 fully saturated rings. The number of likely N-dealkylation sites (tertiary alicyclic amines) is 1. The number of H-pyrrole nitrogens is 1. The summed E-state index contributed by atoms with van der Waals surface area (Å²) < 4.78 is 0. The fourth-order valence-corrected chi connectivity index (χ4v) is 2.78. The lowest BCUT2D eigenvalue weighted by atomic mass is 10.1. The first-order valence-electron chi connectivity index (χ1n) is 6.72. The van der Waals surface area contributed by atoms with E-state index in [1.165, 1.54) is 0 Å². The number of para-hydroxylation sites is 1. The Bertz CT molecular complexity index is 639. The quantitative estimate of drug-likeness (QED) is 0.852. The maximum atomic E-state index is 12.1. The predicted molar refractivity (Wildman–Crippen MR) is 77.0 cm³/mol. The Kier molecular flexibility index (Phi) is 3.12. The van der Waals surface area contributed by atoms with E-state index >= 15 is 0 Å². The van der Waals surface area contributed by atoms with E-state index in [9.17, 15) is 4.79 Å². The highest BCUT2D eigenvalue weighted by Gasteiger charge is 2.26. The van der Waals surface area contributed by atoms with Gasteiger partial charge in [0.15, 0.2) is 0 Å². The second-order valence-electron chi connectivity index (χ2n) is 5.55. The van der Waals surface area contributed by atoms with Gasteiger partial charge in [0.25, 0.3) is 5.56 Å². The lowest BCUT2D eigenvalue weighted by molar-refractivity contribution is 0.317. The van der Waals surface area contributed by atoms with Crippen LogP contribution in [0.1, 0.15) is 12.5 Å². The van der Waals surface area contributed by atoms with Gasteiger partial charge in [0.2, 0.25) is 0 Å². The number of nitrogens with one attached hydrogen (secondary N) is 1. The third-order valence-corrected chi connectivity index (χ3v) is 3.97. The number of aromatic amines is 1. The number of nitrogens with two attached hydrogens (primary N) is 1. The van der Waals surface area contributed by atoms with Crippen molar-refractivity contribution >= 4 is 10.9 Å². The Morgan fingerprint density at radius 1 is 1.37 bits per heavy atom. The maximum absolute atomic E-state index is 12.1. The highest BCUT2D eigenvalue weighted by molar-refractivity contribution is 5.78. The summed E-state index contributed by atoms with van der Waals surface area (Å²) >= 11 is 0. The van der Waals surface area contributed by atoms with E-state index in [2.05, 4.69) is 16.8 Å². The Balaban J connectivity index is 1.89. The van der Waals surface area contributed by atoms with Gasteiger partial charge in [-0.1, -0.05) is 25.1 Å². The Labute approximate surface area is 112 Å². The van der Waals surface area contributed by atoms with Crippen LogP contribution in [-0.4, -0.2) is 29.0 Å². The zero-order chi connectivity index (χ0) is 13.4. The fraction of sp³-hybridized carbons (Fsp3) is 0.400. The number of nitrogens with zero attached hydrogens (tertiary/aromatic N) is 1. The molecule has 0 spiro atoms. The molecule has 19 heavy (non-hydrogen) atoms. The summed E-state index contributed by atoms with van der Waals surface area (Å²) in [7, 11) is 0. The average Bonchev–Trinajstić information content (AvgIpc) is 2.69. The molecule has 0 saturated carbocycles. The minimum absolute atomic E-state index is 0.00632. The molecule has 1 aromatic heterocycles. The minimum atomic E-state index is 0.00632. The Morgan fingerprint density at radius 2 is 2.16 bits per heavy atom. The molecule has 4 nitrogen and oxygen atoms in total. The van der Waals surface area contributed by atoms with Crippen LogP contribution in [0, 0.1) is 5.92 Å². The predicted octanol–water partition coefficient (Wildman–Crippen LogP) is 1.31. The van der Waals surface area contributed by atoms with Crippen LogP contribution < -0.4 is 11.3 Å². The third kappa shape index (κ3) is 2.41. The molecule has 2 heterocycles. The normalized spacial score (nSPS) is 24.1. The van der Waals surface area contributed by atoms with Crippen LogP contribution in [-0.2, 0) is 6.54 Å². The summed E-state index contributed by atoms with van der Waals surface area (Å²) in [4.78, 5) is 17.3. The van der Waals surface area contributed by atoms with Gasteiger partial charge in [0.1, 0.15) is 0 Å². The Morgan fingerprint density at radius 3 is 2.89 bits per heavy atom. The van der Waals surface area contributed by atoms with E-state index in [-0.39, 0.29) is 11.6 Å². The number of hydrogen-bond acceptors (Lipinski definition) is 3. The number of benzene rings is 1. The molecule has 1 aromatic carbocycles. The topological polar surface area (TPSA) is 62.1 Å². The van der Waals surface area contributed by atoms with Crippen LogP contribution >= 0.6 is 0 Å². The van der Waals surface area contributed by atoms with E-state index in [0.29, 0.717) is 12.5 Å². The molecule has 0 radical (unpaired) electrons. The van der Waals surface area contributed by atoms with Crippen molar-refractivity contribution in [2.75, 3.05) is 13.1 Å². The SMILES string of the molecule is CC1CN(Cc2cc3ccccc3[nH]c2=O)CC1N. The summed E-state index contributed by atoms with van der Waals surface area (Å²) in [6.07, 6.45) is 0. The van der Waals surface area contributed by atoms with Crippen molar-refractivity contribution in [2.24, 2.45) is 11.7 Å². The molecule has 1 aliphatic rings. The molecular weight excluding hydrogens is 238 g/mol. The molecule has 2 aromatic rings. The van der Waals surface area contributed by atoms with Crippen LogP contribution in [0.5, 0.6) is 0 Å². The van der Waals surface area contributed by atoms with Gasteiger partial charge in [0, 0.05) is 36.8 Å². The zero-order valence-electron chi connectivity index (χ0n) is 11.1.